The SMILES string of the molecule is O=C(N[C@H]1CCCC[C@H]1C(=O)O)c1cc2ccc(Br)cc2[nH]1. The molecule has 1 aromatic heterocycles. The van der Waals surface area contributed by atoms with E-state index in [0.717, 1.165) is 28.2 Å². The summed E-state index contributed by atoms with van der Waals surface area (Å²) in [6.07, 6.45) is 3.20. The number of aromatic amines is 1. The third-order valence-corrected chi connectivity index (χ3v) is 4.72. The van der Waals surface area contributed by atoms with Crippen LogP contribution in [0.1, 0.15) is 36.2 Å². The lowest BCUT2D eigenvalue weighted by atomic mass is 9.84. The van der Waals surface area contributed by atoms with Gasteiger partial charge in [-0.25, -0.2) is 0 Å². The smallest absolute Gasteiger partial charge is 0.308 e. The maximum absolute atomic E-state index is 12.4. The van der Waals surface area contributed by atoms with Gasteiger partial charge < -0.3 is 15.4 Å². The number of benzene rings is 1. The van der Waals surface area contributed by atoms with Crippen LogP contribution < -0.4 is 5.32 Å². The van der Waals surface area contributed by atoms with Gasteiger partial charge in [0.1, 0.15) is 5.69 Å². The molecule has 3 rings (SSSR count). The molecule has 2 aromatic rings. The number of hydrogen-bond donors (Lipinski definition) is 3. The van der Waals surface area contributed by atoms with E-state index in [0.29, 0.717) is 18.5 Å². The summed E-state index contributed by atoms with van der Waals surface area (Å²) >= 11 is 3.40. The lowest BCUT2D eigenvalue weighted by molar-refractivity contribution is -0.143. The highest BCUT2D eigenvalue weighted by molar-refractivity contribution is 9.10. The van der Waals surface area contributed by atoms with Crippen LogP contribution >= 0.6 is 15.9 Å². The van der Waals surface area contributed by atoms with Gasteiger partial charge in [-0.2, -0.15) is 0 Å². The molecule has 1 saturated carbocycles. The minimum atomic E-state index is -0.828. The first-order valence-electron chi connectivity index (χ1n) is 7.36. The van der Waals surface area contributed by atoms with Crippen molar-refractivity contribution in [2.24, 2.45) is 5.92 Å². The van der Waals surface area contributed by atoms with Crippen molar-refractivity contribution in [2.45, 2.75) is 31.7 Å². The predicted molar refractivity (Wildman–Crippen MR) is 86.8 cm³/mol. The van der Waals surface area contributed by atoms with E-state index in [1.807, 2.05) is 18.2 Å². The molecule has 0 bridgehead atoms. The number of halogens is 1. The molecule has 2 atom stereocenters. The van der Waals surface area contributed by atoms with Gasteiger partial charge >= 0.3 is 5.97 Å². The number of fused-ring (bicyclic) bond motifs is 1. The zero-order valence-corrected chi connectivity index (χ0v) is 13.5. The quantitative estimate of drug-likeness (QED) is 0.781. The van der Waals surface area contributed by atoms with Gasteiger partial charge in [0, 0.05) is 21.4 Å². The lowest BCUT2D eigenvalue weighted by Gasteiger charge is -2.29. The number of hydrogen-bond acceptors (Lipinski definition) is 2. The standard InChI is InChI=1S/C16H17BrN2O3/c17-10-6-5-9-7-14(18-13(9)8-10)15(20)19-12-4-2-1-3-11(12)16(21)22/h5-8,11-12,18H,1-4H2,(H,19,20)(H,21,22)/t11-,12+/m1/s1. The molecule has 1 aliphatic carbocycles. The third kappa shape index (κ3) is 3.02. The normalized spacial score (nSPS) is 21.7. The second kappa shape index (κ2) is 6.12. The average molecular weight is 365 g/mol. The van der Waals surface area contributed by atoms with Crippen molar-refractivity contribution < 1.29 is 14.7 Å². The predicted octanol–water partition coefficient (Wildman–Crippen LogP) is 3.30. The van der Waals surface area contributed by atoms with Gasteiger partial charge in [-0.05, 0) is 31.0 Å². The molecular formula is C16H17BrN2O3. The van der Waals surface area contributed by atoms with Crippen molar-refractivity contribution in [1.29, 1.82) is 0 Å². The van der Waals surface area contributed by atoms with Crippen LogP contribution in [-0.2, 0) is 4.79 Å². The summed E-state index contributed by atoms with van der Waals surface area (Å²) in [5, 5.41) is 13.1. The molecule has 1 aliphatic rings. The third-order valence-electron chi connectivity index (χ3n) is 4.23. The molecule has 3 N–H and O–H groups in total. The molecule has 0 radical (unpaired) electrons. The summed E-state index contributed by atoms with van der Waals surface area (Å²) < 4.78 is 0.937. The number of aliphatic carboxylic acids is 1. The maximum atomic E-state index is 12.4. The highest BCUT2D eigenvalue weighted by Gasteiger charge is 2.32. The summed E-state index contributed by atoms with van der Waals surface area (Å²) in [5.74, 6) is -1.56. The number of carbonyl (C=O) groups is 2. The molecule has 6 heteroatoms. The number of carbonyl (C=O) groups excluding carboxylic acids is 1. The number of H-pyrrole nitrogens is 1. The number of nitrogens with one attached hydrogen (secondary N) is 2. The summed E-state index contributed by atoms with van der Waals surface area (Å²) in [6.45, 7) is 0. The Balaban J connectivity index is 1.78. The highest BCUT2D eigenvalue weighted by Crippen LogP contribution is 2.25. The van der Waals surface area contributed by atoms with E-state index in [9.17, 15) is 14.7 Å². The van der Waals surface area contributed by atoms with Gasteiger partial charge in [0.15, 0.2) is 0 Å². The van der Waals surface area contributed by atoms with Gasteiger partial charge in [-0.3, -0.25) is 9.59 Å². The lowest BCUT2D eigenvalue weighted by Crippen LogP contribution is -2.45. The molecule has 1 amide bonds. The molecule has 1 aromatic carbocycles. The van der Waals surface area contributed by atoms with E-state index in [2.05, 4.69) is 26.2 Å². The monoisotopic (exact) mass is 364 g/mol. The fourth-order valence-corrected chi connectivity index (χ4v) is 3.43. The molecule has 0 aliphatic heterocycles. The first kappa shape index (κ1) is 15.1. The minimum Gasteiger partial charge on any atom is -0.481 e. The van der Waals surface area contributed by atoms with Crippen molar-refractivity contribution in [3.63, 3.8) is 0 Å². The van der Waals surface area contributed by atoms with Crippen molar-refractivity contribution in [1.82, 2.24) is 10.3 Å². The summed E-state index contributed by atoms with van der Waals surface area (Å²) in [4.78, 5) is 26.8. The largest absolute Gasteiger partial charge is 0.481 e. The van der Waals surface area contributed by atoms with Gasteiger partial charge in [0.05, 0.1) is 5.92 Å². The van der Waals surface area contributed by atoms with E-state index in [-0.39, 0.29) is 11.9 Å². The molecule has 0 saturated heterocycles. The van der Waals surface area contributed by atoms with Crippen LogP contribution in [0.3, 0.4) is 0 Å². The van der Waals surface area contributed by atoms with E-state index >= 15 is 0 Å². The maximum Gasteiger partial charge on any atom is 0.308 e. The van der Waals surface area contributed by atoms with Crippen LogP contribution in [0.25, 0.3) is 10.9 Å². The number of carboxylic acid groups (broad SMARTS) is 1. The first-order chi connectivity index (χ1) is 10.5. The van der Waals surface area contributed by atoms with Gasteiger partial charge in [-0.1, -0.05) is 34.8 Å². The number of rotatable bonds is 3. The number of carboxylic acids is 1. The van der Waals surface area contributed by atoms with Gasteiger partial charge in [0.25, 0.3) is 5.91 Å². The minimum absolute atomic E-state index is 0.245. The van der Waals surface area contributed by atoms with E-state index in [1.165, 1.54) is 0 Å². The van der Waals surface area contributed by atoms with Crippen molar-refractivity contribution in [3.05, 3.63) is 34.4 Å². The van der Waals surface area contributed by atoms with Crippen molar-refractivity contribution >= 4 is 38.7 Å². The van der Waals surface area contributed by atoms with Gasteiger partial charge in [-0.15, -0.1) is 0 Å². The highest BCUT2D eigenvalue weighted by atomic mass is 79.9. The topological polar surface area (TPSA) is 82.2 Å². The second-order valence-corrected chi connectivity index (χ2v) is 6.64. The molecule has 22 heavy (non-hydrogen) atoms. The molecule has 1 fully saturated rings. The summed E-state index contributed by atoms with van der Waals surface area (Å²) in [6, 6.07) is 7.24. The van der Waals surface area contributed by atoms with E-state index in [4.69, 9.17) is 0 Å². The van der Waals surface area contributed by atoms with Crippen LogP contribution in [-0.4, -0.2) is 28.0 Å². The molecule has 0 spiro atoms. The second-order valence-electron chi connectivity index (χ2n) is 5.72. The Hall–Kier alpha value is -1.82. The number of aromatic nitrogens is 1. The zero-order valence-electron chi connectivity index (χ0n) is 11.9. The van der Waals surface area contributed by atoms with Crippen molar-refractivity contribution in [2.75, 3.05) is 0 Å². The molecular weight excluding hydrogens is 348 g/mol. The number of amides is 1. The van der Waals surface area contributed by atoms with Crippen LogP contribution in [0.2, 0.25) is 0 Å². The fourth-order valence-electron chi connectivity index (χ4n) is 3.07. The Kier molecular flexibility index (Phi) is 4.20. The summed E-state index contributed by atoms with van der Waals surface area (Å²) in [7, 11) is 0. The molecule has 0 unspecified atom stereocenters. The van der Waals surface area contributed by atoms with E-state index in [1.54, 1.807) is 6.07 Å². The van der Waals surface area contributed by atoms with E-state index < -0.39 is 11.9 Å². The Bertz CT molecular complexity index is 725. The van der Waals surface area contributed by atoms with Crippen LogP contribution in [0.15, 0.2) is 28.7 Å². The molecule has 116 valence electrons. The Morgan fingerprint density at radius 1 is 1.23 bits per heavy atom. The van der Waals surface area contributed by atoms with Crippen LogP contribution in [0.4, 0.5) is 0 Å². The van der Waals surface area contributed by atoms with Gasteiger partial charge in [0.2, 0.25) is 0 Å². The molecule has 1 heterocycles. The Morgan fingerprint density at radius 2 is 2.00 bits per heavy atom. The average Bonchev–Trinajstić information content (AvgIpc) is 2.90. The summed E-state index contributed by atoms with van der Waals surface area (Å²) in [5.41, 5.74) is 1.33. The first-order valence-corrected chi connectivity index (χ1v) is 8.16. The molecule has 5 nitrogen and oxygen atoms in total. The van der Waals surface area contributed by atoms with Crippen LogP contribution in [0, 0.1) is 5.92 Å². The van der Waals surface area contributed by atoms with Crippen molar-refractivity contribution in [3.8, 4) is 0 Å². The van der Waals surface area contributed by atoms with Crippen LogP contribution in [0.5, 0.6) is 0 Å². The zero-order chi connectivity index (χ0) is 15.7. The Morgan fingerprint density at radius 3 is 2.77 bits per heavy atom. The fraction of sp³-hybridized carbons (Fsp3) is 0.375. The Labute approximate surface area is 136 Å².